The predicted molar refractivity (Wildman–Crippen MR) is 101 cm³/mol. The largest absolute Gasteiger partial charge is 0.361 e. The lowest BCUT2D eigenvalue weighted by molar-refractivity contribution is -0.133. The van der Waals surface area contributed by atoms with Crippen molar-refractivity contribution in [3.05, 3.63) is 36.0 Å². The van der Waals surface area contributed by atoms with Gasteiger partial charge in [-0.1, -0.05) is 0 Å². The Morgan fingerprint density at radius 3 is 2.85 bits per heavy atom. The first-order chi connectivity index (χ1) is 12.5. The third-order valence-electron chi connectivity index (χ3n) is 4.86. The molecular weight excluding hydrogens is 328 g/mol. The first-order valence-electron chi connectivity index (χ1n) is 9.28. The van der Waals surface area contributed by atoms with Crippen molar-refractivity contribution in [3.8, 4) is 0 Å². The highest BCUT2D eigenvalue weighted by Crippen LogP contribution is 2.24. The fraction of sp³-hybridized carbons (Fsp3) is 0.579. The minimum absolute atomic E-state index is 0.217. The maximum atomic E-state index is 12.6. The minimum atomic E-state index is 0.217. The number of carbonyl (C=O) groups is 1. The van der Waals surface area contributed by atoms with Gasteiger partial charge in [-0.25, -0.2) is 4.98 Å². The molecule has 1 atom stereocenters. The zero-order chi connectivity index (χ0) is 18.5. The van der Waals surface area contributed by atoms with Crippen molar-refractivity contribution in [3.63, 3.8) is 0 Å². The Bertz CT molecular complexity index is 741. The van der Waals surface area contributed by atoms with Gasteiger partial charge in [0.15, 0.2) is 0 Å². The quantitative estimate of drug-likeness (QED) is 0.791. The van der Waals surface area contributed by atoms with Gasteiger partial charge < -0.3 is 9.80 Å². The van der Waals surface area contributed by atoms with E-state index in [0.29, 0.717) is 18.9 Å². The lowest BCUT2D eigenvalue weighted by Crippen LogP contribution is -2.41. The number of likely N-dealkylation sites (tertiary alicyclic amines) is 1. The Balaban J connectivity index is 1.56. The summed E-state index contributed by atoms with van der Waals surface area (Å²) in [5, 5.41) is 4.35. The summed E-state index contributed by atoms with van der Waals surface area (Å²) in [5.74, 6) is 1.58. The van der Waals surface area contributed by atoms with Crippen LogP contribution in [0.3, 0.4) is 0 Å². The molecule has 1 aliphatic heterocycles. The zero-order valence-electron chi connectivity index (χ0n) is 15.9. The van der Waals surface area contributed by atoms with Crippen LogP contribution in [-0.2, 0) is 17.8 Å². The van der Waals surface area contributed by atoms with E-state index in [0.717, 1.165) is 49.6 Å². The van der Waals surface area contributed by atoms with Crippen molar-refractivity contribution >= 4 is 11.7 Å². The molecule has 0 aliphatic carbocycles. The molecule has 0 bridgehead atoms. The van der Waals surface area contributed by atoms with E-state index in [1.165, 1.54) is 0 Å². The van der Waals surface area contributed by atoms with Gasteiger partial charge in [-0.3, -0.25) is 14.5 Å². The average molecular weight is 356 g/mol. The van der Waals surface area contributed by atoms with Crippen LogP contribution in [0.2, 0.25) is 0 Å². The highest BCUT2D eigenvalue weighted by atomic mass is 16.2. The van der Waals surface area contributed by atoms with Gasteiger partial charge in [0, 0.05) is 58.7 Å². The molecule has 140 valence electrons. The van der Waals surface area contributed by atoms with E-state index in [-0.39, 0.29) is 5.91 Å². The third-order valence-corrected chi connectivity index (χ3v) is 4.86. The minimum Gasteiger partial charge on any atom is -0.361 e. The zero-order valence-corrected chi connectivity index (χ0v) is 15.9. The maximum Gasteiger partial charge on any atom is 0.224 e. The summed E-state index contributed by atoms with van der Waals surface area (Å²) in [6.45, 7) is 4.26. The van der Waals surface area contributed by atoms with Crippen LogP contribution in [0.15, 0.2) is 24.7 Å². The first-order valence-corrected chi connectivity index (χ1v) is 9.28. The van der Waals surface area contributed by atoms with Crippen molar-refractivity contribution in [2.75, 3.05) is 32.1 Å². The summed E-state index contributed by atoms with van der Waals surface area (Å²) >= 11 is 0. The van der Waals surface area contributed by atoms with Crippen LogP contribution in [0.5, 0.6) is 0 Å². The lowest BCUT2D eigenvalue weighted by atomic mass is 9.93. The molecule has 0 saturated carbocycles. The molecule has 0 spiro atoms. The molecule has 3 rings (SSSR count). The number of anilines is 1. The van der Waals surface area contributed by atoms with Gasteiger partial charge in [0.25, 0.3) is 0 Å². The molecule has 7 heteroatoms. The van der Waals surface area contributed by atoms with E-state index in [9.17, 15) is 4.79 Å². The fourth-order valence-electron chi connectivity index (χ4n) is 3.56. The van der Waals surface area contributed by atoms with Crippen molar-refractivity contribution < 1.29 is 4.79 Å². The maximum absolute atomic E-state index is 12.6. The molecule has 2 aromatic heterocycles. The topological polar surface area (TPSA) is 67.2 Å². The molecule has 1 saturated heterocycles. The summed E-state index contributed by atoms with van der Waals surface area (Å²) in [6.07, 6.45) is 8.96. The molecule has 3 heterocycles. The predicted octanol–water partition coefficient (Wildman–Crippen LogP) is 1.92. The van der Waals surface area contributed by atoms with Crippen molar-refractivity contribution in [1.29, 1.82) is 0 Å². The standard InChI is InChI=1S/C19H28N6O/c1-15-6-11-25(22-15)12-7-18(26)24-10-4-5-16(14-24)13-17-19(23(2)3)21-9-8-20-17/h6,8-9,11,16H,4-5,7,10,12-14H2,1-3H3. The normalized spacial score (nSPS) is 17.3. The van der Waals surface area contributed by atoms with E-state index >= 15 is 0 Å². The molecule has 0 aromatic carbocycles. The average Bonchev–Trinajstić information content (AvgIpc) is 3.05. The monoisotopic (exact) mass is 356 g/mol. The molecule has 0 radical (unpaired) electrons. The summed E-state index contributed by atoms with van der Waals surface area (Å²) in [5.41, 5.74) is 2.00. The van der Waals surface area contributed by atoms with Crippen LogP contribution < -0.4 is 4.90 Å². The highest BCUT2D eigenvalue weighted by Gasteiger charge is 2.25. The summed E-state index contributed by atoms with van der Waals surface area (Å²) in [4.78, 5) is 25.6. The summed E-state index contributed by atoms with van der Waals surface area (Å²) in [7, 11) is 3.97. The molecule has 1 aliphatic rings. The highest BCUT2D eigenvalue weighted by molar-refractivity contribution is 5.76. The van der Waals surface area contributed by atoms with Crippen molar-refractivity contribution in [1.82, 2.24) is 24.6 Å². The molecule has 2 aromatic rings. The second kappa shape index (κ2) is 8.29. The molecule has 1 amide bonds. The second-order valence-electron chi connectivity index (χ2n) is 7.24. The van der Waals surface area contributed by atoms with Gasteiger partial charge in [-0.2, -0.15) is 5.10 Å². The first kappa shape index (κ1) is 18.4. The molecular formula is C19H28N6O. The van der Waals surface area contributed by atoms with Gasteiger partial charge >= 0.3 is 0 Å². The van der Waals surface area contributed by atoms with Crippen LogP contribution in [0.1, 0.15) is 30.7 Å². The third kappa shape index (κ3) is 4.59. The van der Waals surface area contributed by atoms with E-state index in [4.69, 9.17) is 0 Å². The fourth-order valence-corrected chi connectivity index (χ4v) is 3.56. The number of aryl methyl sites for hydroxylation is 2. The van der Waals surface area contributed by atoms with Gasteiger partial charge in [0.1, 0.15) is 5.82 Å². The Morgan fingerprint density at radius 1 is 1.31 bits per heavy atom. The number of hydrogen-bond donors (Lipinski definition) is 0. The van der Waals surface area contributed by atoms with Gasteiger partial charge in [0.2, 0.25) is 5.91 Å². The Morgan fingerprint density at radius 2 is 2.12 bits per heavy atom. The summed E-state index contributed by atoms with van der Waals surface area (Å²) < 4.78 is 1.84. The van der Waals surface area contributed by atoms with Crippen LogP contribution >= 0.6 is 0 Å². The van der Waals surface area contributed by atoms with E-state index in [1.807, 2.05) is 47.8 Å². The molecule has 1 fully saturated rings. The number of hydrogen-bond acceptors (Lipinski definition) is 5. The van der Waals surface area contributed by atoms with E-state index < -0.39 is 0 Å². The van der Waals surface area contributed by atoms with Gasteiger partial charge in [-0.05, 0) is 38.2 Å². The molecule has 7 nitrogen and oxygen atoms in total. The van der Waals surface area contributed by atoms with Crippen LogP contribution in [0.4, 0.5) is 5.82 Å². The van der Waals surface area contributed by atoms with Crippen LogP contribution in [0.25, 0.3) is 0 Å². The number of nitrogens with zero attached hydrogens (tertiary/aromatic N) is 6. The SMILES string of the molecule is Cc1ccn(CCC(=O)N2CCCC(Cc3nccnc3N(C)C)C2)n1. The van der Waals surface area contributed by atoms with E-state index in [1.54, 1.807) is 12.4 Å². The van der Waals surface area contributed by atoms with Gasteiger partial charge in [0.05, 0.1) is 11.4 Å². The Kier molecular flexibility index (Phi) is 5.85. The van der Waals surface area contributed by atoms with Crippen molar-refractivity contribution in [2.45, 2.75) is 39.2 Å². The second-order valence-corrected chi connectivity index (χ2v) is 7.24. The number of aromatic nitrogens is 4. The van der Waals surface area contributed by atoms with Crippen LogP contribution in [-0.4, -0.2) is 57.7 Å². The Labute approximate surface area is 155 Å². The smallest absolute Gasteiger partial charge is 0.224 e. The lowest BCUT2D eigenvalue weighted by Gasteiger charge is -2.33. The molecule has 26 heavy (non-hydrogen) atoms. The Hall–Kier alpha value is -2.44. The number of rotatable bonds is 6. The molecule has 1 unspecified atom stereocenters. The van der Waals surface area contributed by atoms with Crippen molar-refractivity contribution in [2.24, 2.45) is 5.92 Å². The van der Waals surface area contributed by atoms with Gasteiger partial charge in [-0.15, -0.1) is 0 Å². The number of carbonyl (C=O) groups excluding carboxylic acids is 1. The number of amides is 1. The number of piperidine rings is 1. The van der Waals surface area contributed by atoms with E-state index in [2.05, 4.69) is 15.1 Å². The molecule has 0 N–H and O–H groups in total. The summed E-state index contributed by atoms with van der Waals surface area (Å²) in [6, 6.07) is 1.96. The van der Waals surface area contributed by atoms with Crippen LogP contribution in [0, 0.1) is 12.8 Å².